The second kappa shape index (κ2) is 14.1. The van der Waals surface area contributed by atoms with Gasteiger partial charge >= 0.3 is 6.03 Å². The van der Waals surface area contributed by atoms with Gasteiger partial charge in [0.2, 0.25) is 5.95 Å². The minimum Gasteiger partial charge on any atom is -0.484 e. The summed E-state index contributed by atoms with van der Waals surface area (Å²) in [5, 5.41) is 24.0. The van der Waals surface area contributed by atoms with Gasteiger partial charge in [-0.2, -0.15) is 18.6 Å². The molecule has 16 heteroatoms. The molecular weight excluding hydrogens is 661 g/mol. The first-order valence-corrected chi connectivity index (χ1v) is 18.9. The number of piperidine rings is 1. The lowest BCUT2D eigenvalue weighted by atomic mass is 9.85. The second-order valence-corrected chi connectivity index (χ2v) is 14.5. The number of nitrogens with one attached hydrogen (secondary N) is 2. The Balaban J connectivity index is 1.04. The van der Waals surface area contributed by atoms with E-state index in [1.807, 2.05) is 53.9 Å². The van der Waals surface area contributed by atoms with Gasteiger partial charge in [-0.05, 0) is 68.7 Å². The minimum atomic E-state index is -3.55. The third kappa shape index (κ3) is 7.31. The Labute approximate surface area is 290 Å². The van der Waals surface area contributed by atoms with Gasteiger partial charge in [-0.1, -0.05) is 31.2 Å². The highest BCUT2D eigenvalue weighted by atomic mass is 32.2. The van der Waals surface area contributed by atoms with Crippen molar-refractivity contribution in [3.63, 3.8) is 0 Å². The third-order valence-electron chi connectivity index (χ3n) is 9.28. The number of ether oxygens (including phenoxy) is 1. The molecule has 264 valence electrons. The number of carbonyl (C=O) groups excluding carboxylic acids is 1. The Morgan fingerprint density at radius 2 is 1.88 bits per heavy atom. The van der Waals surface area contributed by atoms with Crippen LogP contribution in [0, 0.1) is 0 Å². The van der Waals surface area contributed by atoms with Crippen LogP contribution in [0.2, 0.25) is 0 Å². The van der Waals surface area contributed by atoms with Crippen LogP contribution in [0.1, 0.15) is 74.9 Å². The van der Waals surface area contributed by atoms with E-state index in [4.69, 9.17) is 8.92 Å². The molecular formula is C34H42N10O5S. The van der Waals surface area contributed by atoms with E-state index in [0.717, 1.165) is 59.8 Å². The number of hydrogen-bond acceptors (Lipinski definition) is 10. The zero-order valence-corrected chi connectivity index (χ0v) is 29.2. The fourth-order valence-electron chi connectivity index (χ4n) is 6.77. The summed E-state index contributed by atoms with van der Waals surface area (Å²) < 4.78 is 39.3. The highest BCUT2D eigenvalue weighted by Crippen LogP contribution is 2.39. The van der Waals surface area contributed by atoms with Crippen molar-refractivity contribution < 1.29 is 22.1 Å². The average Bonchev–Trinajstić information content (AvgIpc) is 3.84. The van der Waals surface area contributed by atoms with Gasteiger partial charge in [0.25, 0.3) is 10.1 Å². The molecule has 0 saturated carbocycles. The number of rotatable bonds is 11. The van der Waals surface area contributed by atoms with E-state index in [2.05, 4.69) is 48.9 Å². The van der Waals surface area contributed by atoms with Crippen molar-refractivity contribution in [2.75, 3.05) is 29.6 Å². The Morgan fingerprint density at radius 3 is 2.68 bits per heavy atom. The van der Waals surface area contributed by atoms with Gasteiger partial charge < -0.3 is 15.0 Å². The van der Waals surface area contributed by atoms with Gasteiger partial charge in [0, 0.05) is 18.7 Å². The molecule has 5 aromatic rings. The van der Waals surface area contributed by atoms with Gasteiger partial charge in [0.05, 0.1) is 49.7 Å². The second-order valence-electron chi connectivity index (χ2n) is 12.9. The van der Waals surface area contributed by atoms with Gasteiger partial charge in [-0.15, -0.1) is 10.2 Å². The van der Waals surface area contributed by atoms with Crippen molar-refractivity contribution in [3.8, 4) is 11.4 Å². The van der Waals surface area contributed by atoms with E-state index in [0.29, 0.717) is 36.8 Å². The molecule has 1 fully saturated rings. The van der Waals surface area contributed by atoms with Crippen LogP contribution >= 0.6 is 0 Å². The molecule has 1 aliphatic heterocycles. The molecule has 5 heterocycles. The average molecular weight is 703 g/mol. The number of fused-ring (bicyclic) bond motifs is 2. The number of amides is 2. The first-order chi connectivity index (χ1) is 24.1. The van der Waals surface area contributed by atoms with Crippen LogP contribution in [-0.2, 0) is 27.3 Å². The fourth-order valence-corrected chi connectivity index (χ4v) is 7.15. The summed E-state index contributed by atoms with van der Waals surface area (Å²) in [6.45, 7) is 5.37. The summed E-state index contributed by atoms with van der Waals surface area (Å²) in [4.78, 5) is 15.8. The summed E-state index contributed by atoms with van der Waals surface area (Å²) in [6, 6.07) is 13.6. The summed E-state index contributed by atoms with van der Waals surface area (Å²) in [5.41, 5.74) is 4.23. The Hall–Kier alpha value is -4.96. The fraction of sp³-hybridized carbons (Fsp3) is 0.441. The quantitative estimate of drug-likeness (QED) is 0.183. The maximum atomic E-state index is 13.5. The van der Waals surface area contributed by atoms with Crippen molar-refractivity contribution in [1.82, 2.24) is 39.5 Å². The first-order valence-electron chi connectivity index (χ1n) is 17.1. The lowest BCUT2D eigenvalue weighted by Crippen LogP contribution is -2.38. The maximum absolute atomic E-state index is 13.5. The molecule has 3 unspecified atom stereocenters. The van der Waals surface area contributed by atoms with Crippen LogP contribution in [-0.4, -0.2) is 74.1 Å². The van der Waals surface area contributed by atoms with Crippen LogP contribution in [0.15, 0.2) is 61.1 Å². The van der Waals surface area contributed by atoms with Crippen LogP contribution in [0.5, 0.6) is 5.75 Å². The van der Waals surface area contributed by atoms with Gasteiger partial charge in [0.1, 0.15) is 23.4 Å². The topological polar surface area (TPSA) is 163 Å². The summed E-state index contributed by atoms with van der Waals surface area (Å²) in [6.07, 6.45) is 11.7. The SMILES string of the molecule is CCc1cc(NC(=O)NC2CCC(Oc3ccc4nnc(N5CCCCC5C)n4c3)c3ccccc32)n(-c2cnn(CCOS(C)(=O)=O)c2)n1. The predicted molar refractivity (Wildman–Crippen MR) is 187 cm³/mol. The number of benzene rings is 1. The smallest absolute Gasteiger partial charge is 0.320 e. The number of pyridine rings is 1. The Kier molecular flexibility index (Phi) is 9.46. The van der Waals surface area contributed by atoms with E-state index in [1.54, 1.807) is 21.8 Å². The molecule has 1 saturated heterocycles. The molecule has 0 spiro atoms. The highest BCUT2D eigenvalue weighted by Gasteiger charge is 2.30. The van der Waals surface area contributed by atoms with E-state index in [-0.39, 0.29) is 31.3 Å². The zero-order valence-electron chi connectivity index (χ0n) is 28.4. The van der Waals surface area contributed by atoms with Crippen molar-refractivity contribution >= 4 is 33.6 Å². The Morgan fingerprint density at radius 1 is 1.04 bits per heavy atom. The van der Waals surface area contributed by atoms with E-state index in [1.165, 1.54) is 6.42 Å². The monoisotopic (exact) mass is 702 g/mol. The molecule has 2 N–H and O–H groups in total. The van der Waals surface area contributed by atoms with Crippen molar-refractivity contribution in [3.05, 3.63) is 77.9 Å². The molecule has 2 aliphatic rings. The van der Waals surface area contributed by atoms with Crippen LogP contribution in [0.4, 0.5) is 16.6 Å². The zero-order chi connectivity index (χ0) is 34.8. The molecule has 4 aromatic heterocycles. The normalized spacial score (nSPS) is 19.3. The number of urea groups is 1. The standard InChI is InChI=1S/C34H42N10O5S/c1-4-24-19-32(44(40-24)25-20-35-41(21-25)17-18-48-50(3,46)47)37-33(45)36-29-13-14-30(28-11-6-5-10-27(28)29)49-26-12-15-31-38-39-34(43(31)22-26)42-16-8-7-9-23(42)2/h5-6,10-12,15,19-23,29-30H,4,7-9,13-14,16-18H2,1-3H3,(H2,36,37,45). The molecule has 15 nitrogen and oxygen atoms in total. The first kappa shape index (κ1) is 33.5. The molecule has 0 radical (unpaired) electrons. The van der Waals surface area contributed by atoms with E-state index < -0.39 is 10.1 Å². The lowest BCUT2D eigenvalue weighted by Gasteiger charge is -2.33. The van der Waals surface area contributed by atoms with Gasteiger partial charge in [0.15, 0.2) is 5.65 Å². The molecule has 50 heavy (non-hydrogen) atoms. The number of nitrogens with zero attached hydrogens (tertiary/aromatic N) is 8. The van der Waals surface area contributed by atoms with Gasteiger partial charge in [-0.3, -0.25) is 18.6 Å². The maximum Gasteiger partial charge on any atom is 0.320 e. The largest absolute Gasteiger partial charge is 0.484 e. The molecule has 7 rings (SSSR count). The molecule has 1 aromatic carbocycles. The number of aromatic nitrogens is 7. The lowest BCUT2D eigenvalue weighted by molar-refractivity contribution is 0.171. The van der Waals surface area contributed by atoms with Crippen LogP contribution < -0.4 is 20.3 Å². The number of hydrogen-bond donors (Lipinski definition) is 2. The van der Waals surface area contributed by atoms with Crippen molar-refractivity contribution in [1.29, 1.82) is 0 Å². The minimum absolute atomic E-state index is 0.0438. The number of aryl methyl sites for hydroxylation is 1. The van der Waals surface area contributed by atoms with Crippen molar-refractivity contribution in [2.45, 2.75) is 77.1 Å². The van der Waals surface area contributed by atoms with E-state index >= 15 is 0 Å². The number of carbonyl (C=O) groups is 1. The third-order valence-corrected chi connectivity index (χ3v) is 9.88. The predicted octanol–water partition coefficient (Wildman–Crippen LogP) is 4.81. The van der Waals surface area contributed by atoms with Crippen LogP contribution in [0.3, 0.4) is 0 Å². The van der Waals surface area contributed by atoms with Crippen LogP contribution in [0.25, 0.3) is 11.3 Å². The van der Waals surface area contributed by atoms with Crippen molar-refractivity contribution in [2.24, 2.45) is 0 Å². The molecule has 2 amide bonds. The Bertz CT molecular complexity index is 2090. The number of anilines is 2. The molecule has 1 aliphatic carbocycles. The van der Waals surface area contributed by atoms with Gasteiger partial charge in [-0.25, -0.2) is 9.48 Å². The van der Waals surface area contributed by atoms with E-state index in [9.17, 15) is 13.2 Å². The summed E-state index contributed by atoms with van der Waals surface area (Å²) >= 11 is 0. The highest BCUT2D eigenvalue weighted by molar-refractivity contribution is 7.85. The summed E-state index contributed by atoms with van der Waals surface area (Å²) in [5.74, 6) is 2.06. The molecule has 3 atom stereocenters. The summed E-state index contributed by atoms with van der Waals surface area (Å²) in [7, 11) is -3.55. The molecule has 0 bridgehead atoms.